The molecule has 2 amide bonds. The number of nitrogens with one attached hydrogen (secondary N) is 2. The van der Waals surface area contributed by atoms with Crippen LogP contribution in [0.25, 0.3) is 0 Å². The maximum Gasteiger partial charge on any atom is 0.277 e. The zero-order valence-electron chi connectivity index (χ0n) is 17.9. The molecule has 6 nitrogen and oxygen atoms in total. The summed E-state index contributed by atoms with van der Waals surface area (Å²) in [5.41, 5.74) is 2.05. The van der Waals surface area contributed by atoms with Crippen LogP contribution in [0, 0.1) is 5.92 Å². The molecule has 0 radical (unpaired) electrons. The van der Waals surface area contributed by atoms with Crippen molar-refractivity contribution in [2.75, 3.05) is 45.7 Å². The highest BCUT2D eigenvalue weighted by Gasteiger charge is 2.25. The van der Waals surface area contributed by atoms with Crippen molar-refractivity contribution in [1.29, 1.82) is 0 Å². The Labute approximate surface area is 178 Å². The largest absolute Gasteiger partial charge is 0.497 e. The molecule has 0 aliphatic carbocycles. The molecule has 0 aromatic heterocycles. The first-order chi connectivity index (χ1) is 14.5. The lowest BCUT2D eigenvalue weighted by Gasteiger charge is -2.30. The number of methoxy groups -OCH3 is 1. The van der Waals surface area contributed by atoms with E-state index < -0.39 is 0 Å². The molecule has 2 aromatic carbocycles. The van der Waals surface area contributed by atoms with Crippen LogP contribution in [0.5, 0.6) is 5.75 Å². The van der Waals surface area contributed by atoms with Crippen molar-refractivity contribution in [3.63, 3.8) is 0 Å². The smallest absolute Gasteiger partial charge is 0.277 e. The molecule has 160 valence electrons. The summed E-state index contributed by atoms with van der Waals surface area (Å²) in [5, 5.41) is 2.82. The molecule has 0 spiro atoms. The van der Waals surface area contributed by atoms with Gasteiger partial charge in [0.15, 0.2) is 6.54 Å². The van der Waals surface area contributed by atoms with Crippen LogP contribution in [0.1, 0.15) is 18.4 Å². The molecule has 0 bridgehead atoms. The summed E-state index contributed by atoms with van der Waals surface area (Å²) in [6.45, 7) is 2.50. The monoisotopic (exact) mass is 410 g/mol. The molecule has 1 saturated heterocycles. The number of hydrogen-bond donors (Lipinski definition) is 2. The first-order valence-electron chi connectivity index (χ1n) is 10.6. The third-order valence-corrected chi connectivity index (χ3v) is 5.74. The van der Waals surface area contributed by atoms with Gasteiger partial charge in [-0.1, -0.05) is 36.4 Å². The number of carbonyl (C=O) groups is 2. The zero-order valence-corrected chi connectivity index (χ0v) is 17.9. The third-order valence-electron chi connectivity index (χ3n) is 5.74. The van der Waals surface area contributed by atoms with Gasteiger partial charge in [-0.15, -0.1) is 0 Å². The summed E-state index contributed by atoms with van der Waals surface area (Å²) in [5.74, 6) is 1.16. The molecule has 1 fully saturated rings. The fourth-order valence-corrected chi connectivity index (χ4v) is 3.97. The number of quaternary nitrogens is 1. The van der Waals surface area contributed by atoms with Crippen LogP contribution in [-0.4, -0.2) is 57.1 Å². The van der Waals surface area contributed by atoms with Crippen LogP contribution in [0.15, 0.2) is 54.6 Å². The van der Waals surface area contributed by atoms with Crippen molar-refractivity contribution in [1.82, 2.24) is 4.90 Å². The molecule has 1 heterocycles. The van der Waals surface area contributed by atoms with E-state index in [0.29, 0.717) is 23.9 Å². The molecule has 0 saturated carbocycles. The van der Waals surface area contributed by atoms with Gasteiger partial charge in [0, 0.05) is 18.8 Å². The number of benzene rings is 2. The molecule has 30 heavy (non-hydrogen) atoms. The topological polar surface area (TPSA) is 63.1 Å². The quantitative estimate of drug-likeness (QED) is 0.695. The molecule has 1 aliphatic heterocycles. The van der Waals surface area contributed by atoms with Crippen molar-refractivity contribution in [2.24, 2.45) is 5.92 Å². The number of hydrogen-bond acceptors (Lipinski definition) is 3. The van der Waals surface area contributed by atoms with Gasteiger partial charge in [0.2, 0.25) is 5.91 Å². The Balaban J connectivity index is 1.39. The highest BCUT2D eigenvalue weighted by molar-refractivity contribution is 5.94. The summed E-state index contributed by atoms with van der Waals surface area (Å²) in [6.07, 6.45) is 3.39. The lowest BCUT2D eigenvalue weighted by molar-refractivity contribution is -0.898. The number of carbonyl (C=O) groups excluding carboxylic acids is 2. The van der Waals surface area contributed by atoms with Crippen LogP contribution in [0.2, 0.25) is 0 Å². The Hall–Kier alpha value is -2.86. The van der Waals surface area contributed by atoms with Gasteiger partial charge in [0.05, 0.1) is 26.7 Å². The predicted molar refractivity (Wildman–Crippen MR) is 118 cm³/mol. The fraction of sp³-hybridized carbons (Fsp3) is 0.417. The maximum atomic E-state index is 12.6. The summed E-state index contributed by atoms with van der Waals surface area (Å²) in [4.78, 5) is 27.7. The number of anilines is 1. The van der Waals surface area contributed by atoms with E-state index in [2.05, 4.69) is 35.6 Å². The van der Waals surface area contributed by atoms with Crippen molar-refractivity contribution >= 4 is 17.5 Å². The Morgan fingerprint density at radius 2 is 1.83 bits per heavy atom. The molecular formula is C24H32N3O3+. The highest BCUT2D eigenvalue weighted by atomic mass is 16.5. The van der Waals surface area contributed by atoms with Crippen molar-refractivity contribution in [3.05, 3.63) is 60.2 Å². The van der Waals surface area contributed by atoms with E-state index in [1.807, 2.05) is 12.1 Å². The summed E-state index contributed by atoms with van der Waals surface area (Å²) in [7, 11) is 3.27. The lowest BCUT2D eigenvalue weighted by atomic mass is 9.90. The van der Waals surface area contributed by atoms with E-state index >= 15 is 0 Å². The van der Waals surface area contributed by atoms with Gasteiger partial charge in [-0.3, -0.25) is 9.59 Å². The normalized spacial score (nSPS) is 18.5. The minimum atomic E-state index is -0.212. The number of nitrogens with zero attached hydrogens (tertiary/aromatic N) is 1. The summed E-state index contributed by atoms with van der Waals surface area (Å²) in [6, 6.07) is 17.8. The van der Waals surface area contributed by atoms with E-state index in [1.54, 1.807) is 26.3 Å². The van der Waals surface area contributed by atoms with Crippen LogP contribution < -0.4 is 15.0 Å². The second kappa shape index (κ2) is 10.8. The molecular weight excluding hydrogens is 378 g/mol. The maximum absolute atomic E-state index is 12.6. The van der Waals surface area contributed by atoms with Crippen molar-refractivity contribution in [2.45, 2.75) is 19.3 Å². The standard InChI is InChI=1S/C24H31N3O3/c1-26(17-23(28)25-21-9-6-10-22(16-21)30-2)24(29)18-27-13-11-20(12-14-27)15-19-7-4-3-5-8-19/h3-10,16,20H,11-15,17-18H2,1-2H3,(H,25,28)/p+1. The Morgan fingerprint density at radius 3 is 2.53 bits per heavy atom. The molecule has 6 heteroatoms. The van der Waals surface area contributed by atoms with E-state index in [9.17, 15) is 9.59 Å². The third kappa shape index (κ3) is 6.59. The van der Waals surface area contributed by atoms with E-state index in [-0.39, 0.29) is 18.4 Å². The molecule has 2 aromatic rings. The second-order valence-electron chi connectivity index (χ2n) is 8.09. The van der Waals surface area contributed by atoms with Gasteiger partial charge in [-0.2, -0.15) is 0 Å². The molecule has 0 unspecified atom stereocenters. The molecule has 3 rings (SSSR count). The number of likely N-dealkylation sites (tertiary alicyclic amines) is 1. The van der Waals surface area contributed by atoms with Gasteiger partial charge in [-0.05, 0) is 42.9 Å². The average Bonchev–Trinajstić information content (AvgIpc) is 2.76. The van der Waals surface area contributed by atoms with Crippen LogP contribution in [-0.2, 0) is 16.0 Å². The van der Waals surface area contributed by atoms with Crippen LogP contribution in [0.4, 0.5) is 5.69 Å². The van der Waals surface area contributed by atoms with Gasteiger partial charge < -0.3 is 19.9 Å². The minimum absolute atomic E-state index is 0.00676. The van der Waals surface area contributed by atoms with E-state index in [4.69, 9.17) is 4.74 Å². The Kier molecular flexibility index (Phi) is 7.85. The summed E-state index contributed by atoms with van der Waals surface area (Å²) >= 11 is 0. The second-order valence-corrected chi connectivity index (χ2v) is 8.09. The number of amides is 2. The average molecular weight is 411 g/mol. The fourth-order valence-electron chi connectivity index (χ4n) is 3.97. The predicted octanol–water partition coefficient (Wildman–Crippen LogP) is 1.63. The molecule has 1 aliphatic rings. The zero-order chi connectivity index (χ0) is 21.3. The van der Waals surface area contributed by atoms with Crippen LogP contribution in [0.3, 0.4) is 0 Å². The van der Waals surface area contributed by atoms with E-state index in [0.717, 1.165) is 32.4 Å². The van der Waals surface area contributed by atoms with Gasteiger partial charge in [0.25, 0.3) is 5.91 Å². The Morgan fingerprint density at radius 1 is 1.10 bits per heavy atom. The first-order valence-corrected chi connectivity index (χ1v) is 10.6. The number of rotatable bonds is 8. The summed E-state index contributed by atoms with van der Waals surface area (Å²) < 4.78 is 5.16. The Bertz CT molecular complexity index is 833. The van der Waals surface area contributed by atoms with Crippen LogP contribution >= 0.6 is 0 Å². The number of ether oxygens (including phenoxy) is 1. The van der Waals surface area contributed by atoms with Gasteiger partial charge in [0.1, 0.15) is 5.75 Å². The van der Waals surface area contributed by atoms with Gasteiger partial charge >= 0.3 is 0 Å². The molecule has 0 atom stereocenters. The molecule has 2 N–H and O–H groups in total. The number of piperidine rings is 1. The highest BCUT2D eigenvalue weighted by Crippen LogP contribution is 2.17. The lowest BCUT2D eigenvalue weighted by Crippen LogP contribution is -3.14. The van der Waals surface area contributed by atoms with Crippen molar-refractivity contribution in [3.8, 4) is 5.75 Å². The van der Waals surface area contributed by atoms with E-state index in [1.165, 1.54) is 15.4 Å². The first kappa shape index (κ1) is 21.8. The minimum Gasteiger partial charge on any atom is -0.497 e. The SMILES string of the molecule is COc1cccc(NC(=O)CN(C)C(=O)C[NH+]2CCC(Cc3ccccc3)CC2)c1. The van der Waals surface area contributed by atoms with Gasteiger partial charge in [-0.25, -0.2) is 0 Å². The van der Waals surface area contributed by atoms with Crippen molar-refractivity contribution < 1.29 is 19.2 Å². The number of likely N-dealkylation sites (N-methyl/N-ethyl adjacent to an activating group) is 1.